The highest BCUT2D eigenvalue weighted by molar-refractivity contribution is 5.97. The van der Waals surface area contributed by atoms with E-state index in [-0.39, 0.29) is 18.9 Å². The second kappa shape index (κ2) is 9.21. The van der Waals surface area contributed by atoms with Gasteiger partial charge in [-0.05, 0) is 37.6 Å². The summed E-state index contributed by atoms with van der Waals surface area (Å²) in [6.07, 6.45) is -0.0908. The zero-order chi connectivity index (χ0) is 21.7. The zero-order valence-electron chi connectivity index (χ0n) is 16.8. The number of amides is 3. The number of benzene rings is 2. The summed E-state index contributed by atoms with van der Waals surface area (Å²) in [7, 11) is 0. The lowest BCUT2D eigenvalue weighted by Gasteiger charge is -2.17. The molecule has 8 nitrogen and oxygen atoms in total. The van der Waals surface area contributed by atoms with E-state index in [1.165, 1.54) is 0 Å². The van der Waals surface area contributed by atoms with Crippen molar-refractivity contribution in [2.45, 2.75) is 20.3 Å². The van der Waals surface area contributed by atoms with Gasteiger partial charge in [-0.2, -0.15) is 0 Å². The number of ether oxygens (including phenoxy) is 1. The maximum Gasteiger partial charge on any atom is 0.311 e. The van der Waals surface area contributed by atoms with E-state index in [1.807, 2.05) is 26.0 Å². The number of nitrogens with zero attached hydrogens (tertiary/aromatic N) is 1. The van der Waals surface area contributed by atoms with Crippen LogP contribution in [0.4, 0.5) is 5.69 Å². The van der Waals surface area contributed by atoms with Gasteiger partial charge < -0.3 is 10.1 Å². The topological polar surface area (TPSA) is 105 Å². The predicted molar refractivity (Wildman–Crippen MR) is 109 cm³/mol. The molecule has 3 rings (SSSR count). The van der Waals surface area contributed by atoms with Crippen LogP contribution < -0.4 is 10.7 Å². The largest absolute Gasteiger partial charge is 0.455 e. The molecular weight excluding hydrogens is 386 g/mol. The van der Waals surface area contributed by atoms with Gasteiger partial charge in [0.05, 0.1) is 12.5 Å². The number of carbonyl (C=O) groups is 4. The molecule has 0 spiro atoms. The Labute approximate surface area is 174 Å². The Hall–Kier alpha value is -3.68. The van der Waals surface area contributed by atoms with Gasteiger partial charge in [0.25, 0.3) is 11.8 Å². The minimum Gasteiger partial charge on any atom is -0.455 e. The van der Waals surface area contributed by atoms with Crippen LogP contribution in [0.3, 0.4) is 0 Å². The molecule has 30 heavy (non-hydrogen) atoms. The van der Waals surface area contributed by atoms with Crippen LogP contribution in [0.1, 0.15) is 27.9 Å². The van der Waals surface area contributed by atoms with Crippen LogP contribution >= 0.6 is 0 Å². The smallest absolute Gasteiger partial charge is 0.311 e. The van der Waals surface area contributed by atoms with Gasteiger partial charge in [0, 0.05) is 17.7 Å². The van der Waals surface area contributed by atoms with Gasteiger partial charge in [0.15, 0.2) is 6.61 Å². The molecule has 0 aromatic heterocycles. The maximum absolute atomic E-state index is 12.3. The Morgan fingerprint density at radius 3 is 2.47 bits per heavy atom. The molecule has 1 aliphatic heterocycles. The van der Waals surface area contributed by atoms with E-state index < -0.39 is 30.3 Å². The minimum absolute atomic E-state index is 0.00528. The van der Waals surface area contributed by atoms with Crippen molar-refractivity contribution in [3.05, 3.63) is 65.2 Å². The minimum atomic E-state index is -0.748. The summed E-state index contributed by atoms with van der Waals surface area (Å²) >= 11 is 0. The monoisotopic (exact) mass is 409 g/mol. The lowest BCUT2D eigenvalue weighted by atomic mass is 10.1. The van der Waals surface area contributed by atoms with E-state index >= 15 is 0 Å². The highest BCUT2D eigenvalue weighted by Crippen LogP contribution is 2.18. The van der Waals surface area contributed by atoms with E-state index in [0.29, 0.717) is 11.3 Å². The molecule has 0 aliphatic carbocycles. The number of rotatable bonds is 6. The van der Waals surface area contributed by atoms with E-state index in [2.05, 4.69) is 10.7 Å². The number of anilines is 1. The number of hydrogen-bond acceptors (Lipinski definition) is 5. The summed E-state index contributed by atoms with van der Waals surface area (Å²) in [5.74, 6) is -2.69. The first kappa shape index (κ1) is 21.0. The molecule has 1 aliphatic rings. The van der Waals surface area contributed by atoms with Gasteiger partial charge in [0.2, 0.25) is 5.91 Å². The Bertz CT molecular complexity index is 971. The van der Waals surface area contributed by atoms with Gasteiger partial charge in [-0.25, -0.2) is 0 Å². The number of nitrogens with one attached hydrogen (secondary N) is 2. The molecule has 0 bridgehead atoms. The van der Waals surface area contributed by atoms with Crippen LogP contribution in [-0.4, -0.2) is 41.9 Å². The molecule has 1 atom stereocenters. The van der Waals surface area contributed by atoms with Crippen molar-refractivity contribution >= 4 is 29.4 Å². The molecule has 2 N–H and O–H groups in total. The number of esters is 1. The molecule has 1 heterocycles. The van der Waals surface area contributed by atoms with Crippen LogP contribution in [0.15, 0.2) is 48.5 Å². The van der Waals surface area contributed by atoms with Crippen LogP contribution in [0, 0.1) is 19.8 Å². The molecule has 0 unspecified atom stereocenters. The maximum atomic E-state index is 12.3. The summed E-state index contributed by atoms with van der Waals surface area (Å²) in [4.78, 5) is 48.7. The van der Waals surface area contributed by atoms with Gasteiger partial charge in [-0.15, -0.1) is 0 Å². The molecule has 2 aromatic rings. The number of aryl methyl sites for hydroxylation is 2. The Balaban J connectivity index is 1.48. The van der Waals surface area contributed by atoms with Gasteiger partial charge in [-0.3, -0.25) is 29.6 Å². The lowest BCUT2D eigenvalue weighted by Crippen LogP contribution is -2.43. The van der Waals surface area contributed by atoms with Gasteiger partial charge >= 0.3 is 5.97 Å². The summed E-state index contributed by atoms with van der Waals surface area (Å²) < 4.78 is 5.06. The number of para-hydroxylation sites is 1. The van der Waals surface area contributed by atoms with Crippen molar-refractivity contribution in [2.75, 3.05) is 18.5 Å². The van der Waals surface area contributed by atoms with Gasteiger partial charge in [-0.1, -0.05) is 35.9 Å². The SMILES string of the molecule is Cc1ccc(C(=O)NN2C[C@H](C(=O)OCC(=O)Nc3ccccc3C)CC2=O)cc1. The average molecular weight is 409 g/mol. The number of carbonyl (C=O) groups excluding carboxylic acids is 4. The molecular formula is C22H23N3O5. The van der Waals surface area contributed by atoms with Gasteiger partial charge in [0.1, 0.15) is 0 Å². The Kier molecular flexibility index (Phi) is 6.46. The summed E-state index contributed by atoms with van der Waals surface area (Å²) in [6, 6.07) is 14.1. The van der Waals surface area contributed by atoms with E-state index in [4.69, 9.17) is 4.74 Å². The molecule has 3 amide bonds. The first-order chi connectivity index (χ1) is 14.3. The van der Waals surface area contributed by atoms with Crippen LogP contribution in [0.5, 0.6) is 0 Å². The first-order valence-electron chi connectivity index (χ1n) is 9.53. The normalized spacial score (nSPS) is 15.6. The fourth-order valence-electron chi connectivity index (χ4n) is 3.02. The summed E-state index contributed by atoms with van der Waals surface area (Å²) in [6.45, 7) is 3.30. The second-order valence-corrected chi connectivity index (χ2v) is 7.18. The third kappa shape index (κ3) is 5.22. The Morgan fingerprint density at radius 1 is 1.07 bits per heavy atom. The number of hydrogen-bond donors (Lipinski definition) is 2. The lowest BCUT2D eigenvalue weighted by molar-refractivity contribution is -0.151. The third-order valence-corrected chi connectivity index (χ3v) is 4.77. The summed E-state index contributed by atoms with van der Waals surface area (Å²) in [5.41, 5.74) is 5.46. The van der Waals surface area contributed by atoms with Crippen LogP contribution in [-0.2, 0) is 19.1 Å². The zero-order valence-corrected chi connectivity index (χ0v) is 16.8. The second-order valence-electron chi connectivity index (χ2n) is 7.18. The first-order valence-corrected chi connectivity index (χ1v) is 9.53. The van der Waals surface area contributed by atoms with Crippen LogP contribution in [0.2, 0.25) is 0 Å². The number of hydrazine groups is 1. The van der Waals surface area contributed by atoms with E-state index in [9.17, 15) is 19.2 Å². The molecule has 0 radical (unpaired) electrons. The molecule has 1 saturated heterocycles. The standard InChI is InChI=1S/C22H23N3O5/c1-14-7-9-16(10-8-14)21(28)24-25-12-17(11-20(25)27)22(29)30-13-19(26)23-18-6-4-3-5-15(18)2/h3-10,17H,11-13H2,1-2H3,(H,23,26)(H,24,28)/t17-/m1/s1. The van der Waals surface area contributed by atoms with Crippen LogP contribution in [0.25, 0.3) is 0 Å². The Morgan fingerprint density at radius 2 is 1.77 bits per heavy atom. The average Bonchev–Trinajstić information content (AvgIpc) is 3.09. The quantitative estimate of drug-likeness (QED) is 0.710. The van der Waals surface area contributed by atoms with E-state index in [0.717, 1.165) is 16.1 Å². The molecule has 0 saturated carbocycles. The molecule has 2 aromatic carbocycles. The van der Waals surface area contributed by atoms with Crippen molar-refractivity contribution in [2.24, 2.45) is 5.92 Å². The van der Waals surface area contributed by atoms with Crippen molar-refractivity contribution in [1.29, 1.82) is 0 Å². The summed E-state index contributed by atoms with van der Waals surface area (Å²) in [5, 5.41) is 3.78. The van der Waals surface area contributed by atoms with Crippen molar-refractivity contribution in [3.8, 4) is 0 Å². The fourth-order valence-corrected chi connectivity index (χ4v) is 3.02. The predicted octanol–water partition coefficient (Wildman–Crippen LogP) is 1.98. The van der Waals surface area contributed by atoms with Crippen molar-refractivity contribution < 1.29 is 23.9 Å². The van der Waals surface area contributed by atoms with E-state index in [1.54, 1.807) is 36.4 Å². The van der Waals surface area contributed by atoms with Crippen molar-refractivity contribution in [1.82, 2.24) is 10.4 Å². The highest BCUT2D eigenvalue weighted by atomic mass is 16.5. The highest BCUT2D eigenvalue weighted by Gasteiger charge is 2.36. The molecule has 8 heteroatoms. The molecule has 156 valence electrons. The molecule has 1 fully saturated rings. The fraction of sp³-hybridized carbons (Fsp3) is 0.273. The van der Waals surface area contributed by atoms with Crippen molar-refractivity contribution in [3.63, 3.8) is 0 Å². The third-order valence-electron chi connectivity index (χ3n) is 4.77.